The van der Waals surface area contributed by atoms with Crippen LogP contribution in [0.15, 0.2) is 16.8 Å². The molecule has 0 radical (unpaired) electrons. The molecule has 2 rings (SSSR count). The minimum absolute atomic E-state index is 0.0297. The number of aromatic nitrogens is 2. The lowest BCUT2D eigenvalue weighted by Gasteiger charge is -2.22. The van der Waals surface area contributed by atoms with Crippen LogP contribution in [0.25, 0.3) is 0 Å². The van der Waals surface area contributed by atoms with E-state index in [1.165, 1.54) is 11.3 Å². The number of aliphatic hydroxyl groups is 1. The highest BCUT2D eigenvalue weighted by molar-refractivity contribution is 7.15. The molecular formula is C11H12F2N4O2S2. The summed E-state index contributed by atoms with van der Waals surface area (Å²) in [5, 5.41) is 24.7. The van der Waals surface area contributed by atoms with Crippen molar-refractivity contribution < 1.29 is 18.7 Å². The maximum Gasteiger partial charge on any atom is 0.321 e. The van der Waals surface area contributed by atoms with Crippen molar-refractivity contribution in [3.63, 3.8) is 0 Å². The van der Waals surface area contributed by atoms with Crippen LogP contribution in [-0.2, 0) is 5.60 Å². The van der Waals surface area contributed by atoms with Gasteiger partial charge in [-0.15, -0.1) is 10.2 Å². The normalized spacial score (nSPS) is 14.0. The first-order valence-electron chi connectivity index (χ1n) is 5.80. The van der Waals surface area contributed by atoms with Crippen LogP contribution in [0.1, 0.15) is 23.9 Å². The molecule has 0 aliphatic rings. The molecule has 2 amide bonds. The highest BCUT2D eigenvalue weighted by Gasteiger charge is 2.24. The number of halogens is 2. The molecule has 10 heteroatoms. The van der Waals surface area contributed by atoms with Gasteiger partial charge in [-0.25, -0.2) is 13.6 Å². The molecule has 2 heterocycles. The fraction of sp³-hybridized carbons (Fsp3) is 0.364. The number of rotatable bonds is 5. The number of anilines is 1. The van der Waals surface area contributed by atoms with Crippen LogP contribution in [0.4, 0.5) is 18.7 Å². The minimum atomic E-state index is -2.72. The average molecular weight is 334 g/mol. The number of carbonyl (C=O) groups excluding carboxylic acids is 1. The molecular weight excluding hydrogens is 322 g/mol. The summed E-state index contributed by atoms with van der Waals surface area (Å²) in [6.07, 6.45) is -2.72. The van der Waals surface area contributed by atoms with Crippen molar-refractivity contribution in [3.05, 3.63) is 27.4 Å². The smallest absolute Gasteiger partial charge is 0.321 e. The number of carbonyl (C=O) groups is 1. The van der Waals surface area contributed by atoms with Gasteiger partial charge >= 0.3 is 6.03 Å². The zero-order chi connectivity index (χ0) is 15.5. The lowest BCUT2D eigenvalue weighted by Crippen LogP contribution is -2.40. The van der Waals surface area contributed by atoms with Crippen molar-refractivity contribution in [2.75, 3.05) is 11.9 Å². The summed E-state index contributed by atoms with van der Waals surface area (Å²) >= 11 is 2.03. The number of nitrogens with one attached hydrogen (secondary N) is 2. The summed E-state index contributed by atoms with van der Waals surface area (Å²) in [6, 6.07) is 1.10. The third-order valence-corrected chi connectivity index (χ3v) is 4.11. The van der Waals surface area contributed by atoms with Gasteiger partial charge in [-0.1, -0.05) is 11.3 Å². The summed E-state index contributed by atoms with van der Waals surface area (Å²) in [5.74, 6) is 0. The summed E-state index contributed by atoms with van der Waals surface area (Å²) in [5.41, 5.74) is -0.532. The first-order chi connectivity index (χ1) is 9.88. The van der Waals surface area contributed by atoms with E-state index in [1.54, 1.807) is 18.4 Å². The number of hydrogen-bond acceptors (Lipinski definition) is 6. The quantitative estimate of drug-likeness (QED) is 0.784. The Bertz CT molecular complexity index is 601. The summed E-state index contributed by atoms with van der Waals surface area (Å²) in [6.45, 7) is 1.53. The maximum absolute atomic E-state index is 12.3. The van der Waals surface area contributed by atoms with Gasteiger partial charge in [-0.3, -0.25) is 5.32 Å². The minimum Gasteiger partial charge on any atom is -0.384 e. The molecule has 0 fully saturated rings. The van der Waals surface area contributed by atoms with Crippen LogP contribution in [0, 0.1) is 0 Å². The predicted octanol–water partition coefficient (Wildman–Crippen LogP) is 2.57. The van der Waals surface area contributed by atoms with Crippen molar-refractivity contribution in [1.82, 2.24) is 15.5 Å². The fourth-order valence-corrected chi connectivity index (χ4v) is 2.82. The van der Waals surface area contributed by atoms with E-state index in [4.69, 9.17) is 0 Å². The van der Waals surface area contributed by atoms with Gasteiger partial charge < -0.3 is 10.4 Å². The molecule has 0 aromatic carbocycles. The average Bonchev–Trinajstić information content (AvgIpc) is 3.07. The Hall–Kier alpha value is -1.65. The predicted molar refractivity (Wildman–Crippen MR) is 75.8 cm³/mol. The lowest BCUT2D eigenvalue weighted by atomic mass is 9.99. The highest BCUT2D eigenvalue weighted by atomic mass is 32.1. The zero-order valence-corrected chi connectivity index (χ0v) is 12.5. The van der Waals surface area contributed by atoms with Crippen molar-refractivity contribution in [3.8, 4) is 0 Å². The van der Waals surface area contributed by atoms with Crippen LogP contribution < -0.4 is 10.6 Å². The Balaban J connectivity index is 1.87. The second-order valence-corrected chi connectivity index (χ2v) is 6.13. The Morgan fingerprint density at radius 1 is 1.52 bits per heavy atom. The highest BCUT2D eigenvalue weighted by Crippen LogP contribution is 2.25. The molecule has 0 bridgehead atoms. The topological polar surface area (TPSA) is 87.1 Å². The second kappa shape index (κ2) is 6.41. The number of amides is 2. The van der Waals surface area contributed by atoms with Gasteiger partial charge in [-0.2, -0.15) is 11.3 Å². The number of thiophene rings is 1. The third-order valence-electron chi connectivity index (χ3n) is 2.58. The first kappa shape index (κ1) is 15.7. The maximum atomic E-state index is 12.3. The molecule has 3 N–H and O–H groups in total. The van der Waals surface area contributed by atoms with Gasteiger partial charge in [0.1, 0.15) is 5.60 Å². The van der Waals surface area contributed by atoms with Crippen molar-refractivity contribution in [2.45, 2.75) is 19.0 Å². The van der Waals surface area contributed by atoms with Crippen LogP contribution in [0.3, 0.4) is 0 Å². The van der Waals surface area contributed by atoms with Gasteiger partial charge in [0.25, 0.3) is 6.43 Å². The zero-order valence-electron chi connectivity index (χ0n) is 10.8. The second-order valence-electron chi connectivity index (χ2n) is 4.34. The first-order valence-corrected chi connectivity index (χ1v) is 7.56. The van der Waals surface area contributed by atoms with Crippen molar-refractivity contribution >= 4 is 33.8 Å². The van der Waals surface area contributed by atoms with Gasteiger partial charge in [-0.05, 0) is 29.3 Å². The summed E-state index contributed by atoms with van der Waals surface area (Å²) in [4.78, 5) is 11.6. The molecule has 114 valence electrons. The molecule has 2 aromatic rings. The largest absolute Gasteiger partial charge is 0.384 e. The van der Waals surface area contributed by atoms with E-state index in [9.17, 15) is 18.7 Å². The molecule has 1 atom stereocenters. The van der Waals surface area contributed by atoms with Crippen LogP contribution in [0.2, 0.25) is 0 Å². The lowest BCUT2D eigenvalue weighted by molar-refractivity contribution is 0.0604. The molecule has 0 saturated heterocycles. The Kier molecular flexibility index (Phi) is 4.80. The standard InChI is InChI=1S/C11H12F2N4O2S2/c1-11(19,6-2-3-20-4-6)5-14-9(18)15-10-17-16-8(21-10)7(12)13/h2-4,7,19H,5H2,1H3,(H2,14,15,17,18). The molecule has 0 spiro atoms. The van der Waals surface area contributed by atoms with Gasteiger partial charge in [0, 0.05) is 0 Å². The van der Waals surface area contributed by atoms with E-state index in [0.29, 0.717) is 16.9 Å². The molecule has 0 aliphatic heterocycles. The Labute approximate surface area is 126 Å². The van der Waals surface area contributed by atoms with E-state index in [2.05, 4.69) is 20.8 Å². The summed E-state index contributed by atoms with van der Waals surface area (Å²) in [7, 11) is 0. The molecule has 2 aromatic heterocycles. The van der Waals surface area contributed by atoms with Crippen LogP contribution >= 0.6 is 22.7 Å². The SMILES string of the molecule is CC(O)(CNC(=O)Nc1nnc(C(F)F)s1)c1ccsc1. The monoisotopic (exact) mass is 334 g/mol. The van der Waals surface area contributed by atoms with Crippen molar-refractivity contribution in [2.24, 2.45) is 0 Å². The van der Waals surface area contributed by atoms with Gasteiger partial charge in [0.15, 0.2) is 5.01 Å². The van der Waals surface area contributed by atoms with Gasteiger partial charge in [0.2, 0.25) is 5.13 Å². The number of nitrogens with zero attached hydrogens (tertiary/aromatic N) is 2. The van der Waals surface area contributed by atoms with Crippen LogP contribution in [0.5, 0.6) is 0 Å². The molecule has 1 unspecified atom stereocenters. The van der Waals surface area contributed by atoms with E-state index in [1.807, 2.05) is 5.38 Å². The molecule has 6 nitrogen and oxygen atoms in total. The van der Waals surface area contributed by atoms with Crippen LogP contribution in [-0.4, -0.2) is 27.9 Å². The number of alkyl halides is 2. The number of urea groups is 1. The van der Waals surface area contributed by atoms with E-state index in [-0.39, 0.29) is 11.7 Å². The third kappa shape index (κ3) is 4.16. The van der Waals surface area contributed by atoms with Gasteiger partial charge in [0.05, 0.1) is 6.54 Å². The Morgan fingerprint density at radius 2 is 2.29 bits per heavy atom. The molecule has 0 aliphatic carbocycles. The Morgan fingerprint density at radius 3 is 2.86 bits per heavy atom. The molecule has 0 saturated carbocycles. The van der Waals surface area contributed by atoms with E-state index < -0.39 is 23.1 Å². The summed E-state index contributed by atoms with van der Waals surface area (Å²) < 4.78 is 24.7. The number of hydrogen-bond donors (Lipinski definition) is 3. The van der Waals surface area contributed by atoms with E-state index in [0.717, 1.165) is 0 Å². The van der Waals surface area contributed by atoms with Crippen molar-refractivity contribution in [1.29, 1.82) is 0 Å². The molecule has 21 heavy (non-hydrogen) atoms. The van der Waals surface area contributed by atoms with E-state index >= 15 is 0 Å². The fourth-order valence-electron chi connectivity index (χ4n) is 1.44.